The molecule has 0 aliphatic heterocycles. The van der Waals surface area contributed by atoms with Gasteiger partial charge >= 0.3 is 5.97 Å². The summed E-state index contributed by atoms with van der Waals surface area (Å²) in [6, 6.07) is -1.77. The smallest absolute Gasteiger partial charge is 0.322 e. The highest BCUT2D eigenvalue weighted by molar-refractivity contribution is 5.91. The molecular weight excluding hydrogens is 935 g/mol. The number of hydrogen-bond donors (Lipinski definition) is 9. The van der Waals surface area contributed by atoms with Crippen LogP contribution in [0.5, 0.6) is 0 Å². The molecule has 0 fully saturated rings. The summed E-state index contributed by atoms with van der Waals surface area (Å²) in [5.74, 6) is -4.78. The molecule has 0 aliphatic rings. The van der Waals surface area contributed by atoms with E-state index in [1.807, 2.05) is 0 Å². The number of carboxylic acids is 1. The van der Waals surface area contributed by atoms with Gasteiger partial charge in [0.1, 0.15) is 25.8 Å². The molecule has 0 aliphatic carbocycles. The van der Waals surface area contributed by atoms with Crippen molar-refractivity contribution in [1.82, 2.24) is 36.6 Å². The molecule has 0 aromatic carbocycles. The topological polar surface area (TPSA) is 335 Å². The van der Waals surface area contributed by atoms with E-state index in [1.54, 1.807) is 6.20 Å². The number of carbonyl (C=O) groups excluding carboxylic acids is 7. The van der Waals surface area contributed by atoms with Gasteiger partial charge in [-0.05, 0) is 25.7 Å². The van der Waals surface area contributed by atoms with Crippen molar-refractivity contribution >= 4 is 47.2 Å². The summed E-state index contributed by atoms with van der Waals surface area (Å²) in [6.07, 6.45) is 23.4. The van der Waals surface area contributed by atoms with Gasteiger partial charge in [0.25, 0.3) is 0 Å². The fourth-order valence-corrected chi connectivity index (χ4v) is 7.49. The molecule has 1 heterocycles. The summed E-state index contributed by atoms with van der Waals surface area (Å²) in [6.45, 7) is 3.19. The van der Waals surface area contributed by atoms with Crippen LogP contribution in [0.3, 0.4) is 0 Å². The van der Waals surface area contributed by atoms with Crippen molar-refractivity contribution in [3.05, 3.63) is 18.2 Å². The molecule has 1 aromatic rings. The van der Waals surface area contributed by atoms with Gasteiger partial charge in [-0.3, -0.25) is 38.4 Å². The second kappa shape index (κ2) is 44.7. The number of aromatic nitrogens is 2. The molecule has 0 spiro atoms. The minimum Gasteiger partial charge on any atom is -0.480 e. The molecule has 3 atom stereocenters. The van der Waals surface area contributed by atoms with Crippen LogP contribution in [0.2, 0.25) is 0 Å². The van der Waals surface area contributed by atoms with Gasteiger partial charge in [-0.2, -0.15) is 0 Å². The number of carbonyl (C=O) groups is 8. The molecule has 1 aromatic heterocycles. The van der Waals surface area contributed by atoms with Crippen LogP contribution >= 0.6 is 0 Å². The number of imidazole rings is 1. The van der Waals surface area contributed by atoms with E-state index in [-0.39, 0.29) is 122 Å². The van der Waals surface area contributed by atoms with Crippen molar-refractivity contribution in [3.63, 3.8) is 0 Å². The van der Waals surface area contributed by atoms with E-state index in [0.29, 0.717) is 37.9 Å². The standard InChI is InChI=1S/C50H89N9O13.H2/c1-2-3-4-5-6-7-8-9-10-11-12-13-14-15-16-20-45(62)59-42(49(52)67)21-22-44(61)55-24-26-69-28-31-72-37-47(64)56-25-27-70-29-30-71-36-46(63)54-23-18-17-19-39(50(68)57-35-48(65)66)32-43(60)41(51)33-40-34-53-38-58-40;/h34,38-39,41-42H,2-33,35-37,51H2,1H3,(H2,52,67)(H,53,58)(H,54,63)(H,55,61)(H,56,64)(H,57,68)(H,59,62)(H,65,66);1H/t39-,41+,42+;/m1./s1. The van der Waals surface area contributed by atoms with Crippen molar-refractivity contribution in [2.75, 3.05) is 79.0 Å². The van der Waals surface area contributed by atoms with E-state index >= 15 is 0 Å². The van der Waals surface area contributed by atoms with E-state index in [1.165, 1.54) is 83.4 Å². The second-order valence-electron chi connectivity index (χ2n) is 18.0. The molecule has 11 N–H and O–H groups in total. The monoisotopic (exact) mass is 1030 g/mol. The molecule has 22 heteroatoms. The first kappa shape index (κ1) is 65.0. The van der Waals surface area contributed by atoms with Gasteiger partial charge in [-0.25, -0.2) is 4.98 Å². The van der Waals surface area contributed by atoms with E-state index < -0.39 is 42.3 Å². The summed E-state index contributed by atoms with van der Waals surface area (Å²) < 4.78 is 21.5. The van der Waals surface area contributed by atoms with Gasteiger partial charge in [0.15, 0.2) is 5.78 Å². The maximum Gasteiger partial charge on any atom is 0.322 e. The molecule has 0 unspecified atom stereocenters. The molecule has 0 saturated carbocycles. The third-order valence-electron chi connectivity index (χ3n) is 11.6. The largest absolute Gasteiger partial charge is 0.480 e. The van der Waals surface area contributed by atoms with Crippen LogP contribution in [0.1, 0.15) is 155 Å². The summed E-state index contributed by atoms with van der Waals surface area (Å²) in [7, 11) is 0. The third-order valence-corrected chi connectivity index (χ3v) is 11.6. The first-order valence-electron chi connectivity index (χ1n) is 26.3. The van der Waals surface area contributed by atoms with Crippen LogP contribution in [-0.4, -0.2) is 153 Å². The highest BCUT2D eigenvalue weighted by Crippen LogP contribution is 2.16. The predicted octanol–water partition coefficient (Wildman–Crippen LogP) is 2.90. The van der Waals surface area contributed by atoms with Crippen molar-refractivity contribution < 1.29 is 63.8 Å². The normalized spacial score (nSPS) is 12.4. The third kappa shape index (κ3) is 38.6. The van der Waals surface area contributed by atoms with Crippen molar-refractivity contribution in [2.45, 2.75) is 167 Å². The number of nitrogens with one attached hydrogen (secondary N) is 6. The first-order valence-corrected chi connectivity index (χ1v) is 26.3. The van der Waals surface area contributed by atoms with E-state index in [2.05, 4.69) is 43.5 Å². The number of H-pyrrole nitrogens is 1. The Morgan fingerprint density at radius 3 is 1.68 bits per heavy atom. The van der Waals surface area contributed by atoms with Crippen LogP contribution in [0.4, 0.5) is 0 Å². The van der Waals surface area contributed by atoms with Gasteiger partial charge < -0.3 is 67.1 Å². The summed E-state index contributed by atoms with van der Waals surface area (Å²) in [5, 5.41) is 22.0. The zero-order valence-electron chi connectivity index (χ0n) is 43.1. The van der Waals surface area contributed by atoms with Gasteiger partial charge in [0.2, 0.25) is 35.4 Å². The van der Waals surface area contributed by atoms with Crippen molar-refractivity contribution in [1.29, 1.82) is 0 Å². The molecule has 22 nitrogen and oxygen atoms in total. The molecular formula is C50H91N9O13. The van der Waals surface area contributed by atoms with Crippen LogP contribution in [0.25, 0.3) is 0 Å². The number of carboxylic acid groups (broad SMARTS) is 1. The maximum atomic E-state index is 12.7. The number of rotatable bonds is 50. The Morgan fingerprint density at radius 1 is 0.625 bits per heavy atom. The van der Waals surface area contributed by atoms with Crippen LogP contribution in [-0.2, 0) is 63.7 Å². The number of ketones is 1. The Morgan fingerprint density at radius 2 is 1.15 bits per heavy atom. The number of Topliss-reactive ketones (excluding diaryl/α,β-unsaturated/α-hetero) is 1. The molecule has 72 heavy (non-hydrogen) atoms. The number of unbranched alkanes of at least 4 members (excludes halogenated alkanes) is 15. The minimum atomic E-state index is -1.21. The summed E-state index contributed by atoms with van der Waals surface area (Å²) in [5.41, 5.74) is 12.2. The SMILES string of the molecule is CCCCCCCCCCCCCCCCCC(=O)N[C@@H](CCC(=O)NCCOCCOCC(=O)NCCOCCOCC(=O)NCCCC[C@H](CC(=O)[C@@H](N)Cc1cnc[nH]1)C(=O)NCC(=O)O)C(N)=O.[HH]. The average Bonchev–Trinajstić information content (AvgIpc) is 3.87. The highest BCUT2D eigenvalue weighted by Gasteiger charge is 2.26. The van der Waals surface area contributed by atoms with Gasteiger partial charge in [0.05, 0.1) is 52.0 Å². The van der Waals surface area contributed by atoms with Gasteiger partial charge in [-0.1, -0.05) is 103 Å². The number of ether oxygens (including phenoxy) is 4. The first-order chi connectivity index (χ1) is 34.8. The van der Waals surface area contributed by atoms with Crippen molar-refractivity contribution in [3.8, 4) is 0 Å². The number of nitrogens with two attached hydrogens (primary N) is 2. The lowest BCUT2D eigenvalue weighted by Gasteiger charge is -2.18. The Bertz CT molecular complexity index is 1650. The van der Waals surface area contributed by atoms with Gasteiger partial charge in [-0.15, -0.1) is 0 Å². The van der Waals surface area contributed by atoms with Gasteiger partial charge in [0, 0.05) is 64.6 Å². The Labute approximate surface area is 427 Å². The molecule has 6 amide bonds. The molecule has 0 radical (unpaired) electrons. The zero-order valence-corrected chi connectivity index (χ0v) is 43.1. The lowest BCUT2D eigenvalue weighted by atomic mass is 9.91. The Balaban J connectivity index is 0.0000518. The summed E-state index contributed by atoms with van der Waals surface area (Å²) in [4.78, 5) is 104. The number of hydrogen-bond acceptors (Lipinski definition) is 14. The summed E-state index contributed by atoms with van der Waals surface area (Å²) >= 11 is 0. The fourth-order valence-electron chi connectivity index (χ4n) is 7.49. The van der Waals surface area contributed by atoms with E-state index in [9.17, 15) is 38.4 Å². The fraction of sp³-hybridized carbons (Fsp3) is 0.780. The molecule has 1 rings (SSSR count). The lowest BCUT2D eigenvalue weighted by molar-refractivity contribution is -0.139. The number of aliphatic carboxylic acids is 1. The molecule has 0 saturated heterocycles. The van der Waals surface area contributed by atoms with Crippen LogP contribution < -0.4 is 38.1 Å². The number of aromatic amines is 1. The van der Waals surface area contributed by atoms with Crippen LogP contribution in [0, 0.1) is 5.92 Å². The Kier molecular flexibility index (Phi) is 40.3. The number of primary amides is 1. The average molecular weight is 1030 g/mol. The molecule has 414 valence electrons. The maximum absolute atomic E-state index is 12.7. The second-order valence-corrected chi connectivity index (χ2v) is 18.0. The number of amides is 6. The number of nitrogens with zero attached hydrogens (tertiary/aromatic N) is 1. The minimum absolute atomic E-state index is 0. The van der Waals surface area contributed by atoms with E-state index in [4.69, 9.17) is 35.5 Å². The van der Waals surface area contributed by atoms with E-state index in [0.717, 1.165) is 19.3 Å². The quantitative estimate of drug-likeness (QED) is 0.0424. The van der Waals surface area contributed by atoms with Crippen molar-refractivity contribution in [2.24, 2.45) is 17.4 Å². The zero-order chi connectivity index (χ0) is 52.9. The van der Waals surface area contributed by atoms with Crippen LogP contribution in [0.15, 0.2) is 12.5 Å². The molecule has 0 bridgehead atoms. The Hall–Kier alpha value is -5.03. The highest BCUT2D eigenvalue weighted by atomic mass is 16.5. The lowest BCUT2D eigenvalue weighted by Crippen LogP contribution is -2.45. The predicted molar refractivity (Wildman–Crippen MR) is 272 cm³/mol.